The Hall–Kier alpha value is -2.89. The molecule has 0 saturated carbocycles. The highest BCUT2D eigenvalue weighted by Crippen LogP contribution is 2.37. The summed E-state index contributed by atoms with van der Waals surface area (Å²) in [6, 6.07) is 17.2. The summed E-state index contributed by atoms with van der Waals surface area (Å²) < 4.78 is 23.9. The number of rotatable bonds is 9. The molecule has 1 N–H and O–H groups in total. The number of nitrogens with zero attached hydrogens (tertiary/aromatic N) is 2. The molecule has 0 spiro atoms. The van der Waals surface area contributed by atoms with Crippen molar-refractivity contribution in [1.29, 1.82) is 5.26 Å². The second-order valence-corrected chi connectivity index (χ2v) is 11.5. The average molecular weight is 545 g/mol. The van der Waals surface area contributed by atoms with Crippen molar-refractivity contribution in [3.05, 3.63) is 86.9 Å². The lowest BCUT2D eigenvalue weighted by Gasteiger charge is -2.16. The van der Waals surface area contributed by atoms with E-state index in [2.05, 4.69) is 16.3 Å². The number of halogens is 2. The summed E-state index contributed by atoms with van der Waals surface area (Å²) in [4.78, 5) is 15.1. The highest BCUT2D eigenvalue weighted by atomic mass is 35.5. The summed E-state index contributed by atoms with van der Waals surface area (Å²) in [5, 5.41) is 13.0. The zero-order chi connectivity index (χ0) is 26.5. The average Bonchev–Trinajstić information content (AvgIpc) is 2.87. The molecule has 0 saturated heterocycles. The van der Waals surface area contributed by atoms with E-state index >= 15 is 0 Å². The summed E-state index contributed by atoms with van der Waals surface area (Å²) >= 11 is 13.1. The lowest BCUT2D eigenvalue weighted by atomic mass is 9.98. The van der Waals surface area contributed by atoms with Crippen LogP contribution in [-0.4, -0.2) is 38.6 Å². The van der Waals surface area contributed by atoms with Crippen LogP contribution in [0.2, 0.25) is 10.0 Å². The normalized spacial score (nSPS) is 11.4. The monoisotopic (exact) mass is 543 g/mol. The van der Waals surface area contributed by atoms with Crippen LogP contribution in [0.3, 0.4) is 0 Å². The molecule has 0 aliphatic heterocycles. The van der Waals surface area contributed by atoms with Gasteiger partial charge in [0.2, 0.25) is 0 Å². The maximum Gasteiger partial charge on any atom is 0.251 e. The molecule has 188 valence electrons. The predicted octanol–water partition coefficient (Wildman–Crippen LogP) is 5.71. The van der Waals surface area contributed by atoms with Crippen molar-refractivity contribution in [3.8, 4) is 17.2 Å². The first kappa shape index (κ1) is 27.7. The van der Waals surface area contributed by atoms with E-state index in [4.69, 9.17) is 23.2 Å². The van der Waals surface area contributed by atoms with Gasteiger partial charge in [-0.1, -0.05) is 61.3 Å². The quantitative estimate of drug-likeness (QED) is 0.373. The SMILES string of the molecule is CCN(C)Cc1ccc(-c2c(Cl)cc(C(=O)NCc3ccc(S(=O)(=O)CC)cc3)cc2Cl)cc1C#N. The van der Waals surface area contributed by atoms with Gasteiger partial charge in [0.05, 0.1) is 32.3 Å². The molecular formula is C27H27Cl2N3O3S. The van der Waals surface area contributed by atoms with Crippen LogP contribution in [0.5, 0.6) is 0 Å². The first-order valence-corrected chi connectivity index (χ1v) is 13.8. The van der Waals surface area contributed by atoms with Gasteiger partial charge < -0.3 is 10.2 Å². The molecule has 0 fully saturated rings. The Kier molecular flexibility index (Phi) is 9.15. The van der Waals surface area contributed by atoms with Crippen molar-refractivity contribution in [2.24, 2.45) is 0 Å². The second kappa shape index (κ2) is 11.9. The summed E-state index contributed by atoms with van der Waals surface area (Å²) in [5.41, 5.74) is 3.74. The molecule has 3 rings (SSSR count). The molecule has 3 aromatic carbocycles. The van der Waals surface area contributed by atoms with Crippen molar-refractivity contribution in [3.63, 3.8) is 0 Å². The Morgan fingerprint density at radius 1 is 1.03 bits per heavy atom. The first-order valence-electron chi connectivity index (χ1n) is 11.4. The van der Waals surface area contributed by atoms with Crippen molar-refractivity contribution in [1.82, 2.24) is 10.2 Å². The minimum atomic E-state index is -3.28. The Bertz CT molecular complexity index is 1390. The highest BCUT2D eigenvalue weighted by Gasteiger charge is 2.17. The number of nitriles is 1. The topological polar surface area (TPSA) is 90.3 Å². The number of amides is 1. The Morgan fingerprint density at radius 2 is 1.67 bits per heavy atom. The summed E-state index contributed by atoms with van der Waals surface area (Å²) in [7, 11) is -1.29. The van der Waals surface area contributed by atoms with Crippen LogP contribution >= 0.6 is 23.2 Å². The van der Waals surface area contributed by atoms with E-state index in [0.29, 0.717) is 38.8 Å². The van der Waals surface area contributed by atoms with Gasteiger partial charge in [0.15, 0.2) is 9.84 Å². The van der Waals surface area contributed by atoms with Gasteiger partial charge in [-0.3, -0.25) is 4.79 Å². The van der Waals surface area contributed by atoms with Crippen molar-refractivity contribution in [2.45, 2.75) is 31.8 Å². The molecule has 0 unspecified atom stereocenters. The summed E-state index contributed by atoms with van der Waals surface area (Å²) in [6.45, 7) is 5.36. The van der Waals surface area contributed by atoms with Gasteiger partial charge >= 0.3 is 0 Å². The third-order valence-electron chi connectivity index (χ3n) is 5.92. The Balaban J connectivity index is 1.78. The van der Waals surface area contributed by atoms with Crippen LogP contribution in [0.15, 0.2) is 59.5 Å². The molecule has 0 radical (unpaired) electrons. The van der Waals surface area contributed by atoms with E-state index in [9.17, 15) is 18.5 Å². The van der Waals surface area contributed by atoms with Gasteiger partial charge in [-0.25, -0.2) is 8.42 Å². The van der Waals surface area contributed by atoms with Crippen LogP contribution in [-0.2, 0) is 22.9 Å². The van der Waals surface area contributed by atoms with Crippen LogP contribution in [0.1, 0.15) is 40.9 Å². The molecule has 6 nitrogen and oxygen atoms in total. The summed E-state index contributed by atoms with van der Waals surface area (Å²) in [6.07, 6.45) is 0. The molecule has 1 amide bonds. The number of hydrogen-bond donors (Lipinski definition) is 1. The van der Waals surface area contributed by atoms with Gasteiger partial charge in [0.25, 0.3) is 5.91 Å². The molecule has 3 aromatic rings. The fourth-order valence-electron chi connectivity index (χ4n) is 3.62. The number of hydrogen-bond acceptors (Lipinski definition) is 5. The zero-order valence-corrected chi connectivity index (χ0v) is 22.6. The number of benzene rings is 3. The number of sulfone groups is 1. The maximum absolute atomic E-state index is 12.7. The van der Waals surface area contributed by atoms with E-state index in [1.165, 1.54) is 12.1 Å². The lowest BCUT2D eigenvalue weighted by molar-refractivity contribution is 0.0951. The van der Waals surface area contributed by atoms with Crippen molar-refractivity contribution in [2.75, 3.05) is 19.3 Å². The van der Waals surface area contributed by atoms with E-state index < -0.39 is 9.84 Å². The fourth-order valence-corrected chi connectivity index (χ4v) is 5.21. The van der Waals surface area contributed by atoms with E-state index in [0.717, 1.165) is 17.7 Å². The molecular weight excluding hydrogens is 517 g/mol. The van der Waals surface area contributed by atoms with Crippen molar-refractivity contribution >= 4 is 38.9 Å². The van der Waals surface area contributed by atoms with Gasteiger partial charge in [-0.05, 0) is 60.6 Å². The van der Waals surface area contributed by atoms with Gasteiger partial charge in [0, 0.05) is 24.2 Å². The van der Waals surface area contributed by atoms with Crippen LogP contribution < -0.4 is 5.32 Å². The molecule has 0 bridgehead atoms. The second-order valence-electron chi connectivity index (χ2n) is 8.36. The van der Waals surface area contributed by atoms with E-state index in [-0.39, 0.29) is 23.1 Å². The van der Waals surface area contributed by atoms with Gasteiger partial charge in [0.1, 0.15) is 0 Å². The Labute approximate surface area is 222 Å². The zero-order valence-electron chi connectivity index (χ0n) is 20.3. The largest absolute Gasteiger partial charge is 0.348 e. The van der Waals surface area contributed by atoms with Crippen LogP contribution in [0.25, 0.3) is 11.1 Å². The standard InChI is InChI=1S/C27H27Cl2N3O3S/c1-4-32(3)17-20-9-8-19(12-22(20)15-30)26-24(28)13-21(14-25(26)29)27(33)31-16-18-6-10-23(11-7-18)36(34,35)5-2/h6-14H,4-5,16-17H2,1-3H3,(H,31,33). The predicted molar refractivity (Wildman–Crippen MR) is 144 cm³/mol. The first-order chi connectivity index (χ1) is 17.1. The van der Waals surface area contributed by atoms with Gasteiger partial charge in [-0.15, -0.1) is 0 Å². The van der Waals surface area contributed by atoms with E-state index in [1.807, 2.05) is 26.1 Å². The summed E-state index contributed by atoms with van der Waals surface area (Å²) in [5.74, 6) is -0.343. The molecule has 0 aromatic heterocycles. The highest BCUT2D eigenvalue weighted by molar-refractivity contribution is 7.91. The molecule has 0 aliphatic rings. The maximum atomic E-state index is 12.7. The molecule has 0 atom stereocenters. The Morgan fingerprint density at radius 3 is 2.22 bits per heavy atom. The number of carbonyl (C=O) groups is 1. The minimum absolute atomic E-state index is 0.0266. The fraction of sp³-hybridized carbons (Fsp3) is 0.259. The third kappa shape index (κ3) is 6.45. The molecule has 0 aliphatic carbocycles. The minimum Gasteiger partial charge on any atom is -0.348 e. The van der Waals surface area contributed by atoms with E-state index in [1.54, 1.807) is 37.3 Å². The number of carbonyl (C=O) groups excluding carboxylic acids is 1. The smallest absolute Gasteiger partial charge is 0.251 e. The number of nitrogens with one attached hydrogen (secondary N) is 1. The van der Waals surface area contributed by atoms with Crippen LogP contribution in [0.4, 0.5) is 0 Å². The molecule has 0 heterocycles. The molecule has 36 heavy (non-hydrogen) atoms. The third-order valence-corrected chi connectivity index (χ3v) is 8.27. The van der Waals surface area contributed by atoms with Crippen LogP contribution in [0, 0.1) is 11.3 Å². The lowest BCUT2D eigenvalue weighted by Crippen LogP contribution is -2.22. The van der Waals surface area contributed by atoms with Crippen molar-refractivity contribution < 1.29 is 13.2 Å². The molecule has 9 heteroatoms. The van der Waals surface area contributed by atoms with Gasteiger partial charge in [-0.2, -0.15) is 5.26 Å².